The standard InChI is InChI=1S/C22H26ClN3O4S/c1-28-17-12-14(13-18(29-2)20(17)30-3)21(27)25-22(31)24-16-9-7-8-15(23)19(16)26-10-5-4-6-11-26/h7-9,12-13H,4-6,10-11H2,1-3H3,(H2,24,25,27,31). The van der Waals surface area contributed by atoms with Crippen LogP contribution in [0.4, 0.5) is 11.4 Å². The minimum atomic E-state index is -0.404. The number of anilines is 2. The molecular weight excluding hydrogens is 438 g/mol. The van der Waals surface area contributed by atoms with Crippen molar-refractivity contribution in [2.24, 2.45) is 0 Å². The van der Waals surface area contributed by atoms with Crippen molar-refractivity contribution >= 4 is 46.2 Å². The van der Waals surface area contributed by atoms with Gasteiger partial charge in [-0.3, -0.25) is 10.1 Å². The van der Waals surface area contributed by atoms with Crippen LogP contribution in [-0.4, -0.2) is 45.4 Å². The van der Waals surface area contributed by atoms with Crippen LogP contribution in [0.1, 0.15) is 29.6 Å². The molecule has 7 nitrogen and oxygen atoms in total. The van der Waals surface area contributed by atoms with Gasteiger partial charge in [0.05, 0.1) is 37.7 Å². The molecular formula is C22H26ClN3O4S. The molecule has 1 aliphatic rings. The first-order chi connectivity index (χ1) is 15.0. The number of para-hydroxylation sites is 1. The molecule has 0 spiro atoms. The number of nitrogens with one attached hydrogen (secondary N) is 2. The predicted octanol–water partition coefficient (Wildman–Crippen LogP) is 4.48. The van der Waals surface area contributed by atoms with Crippen LogP contribution in [-0.2, 0) is 0 Å². The van der Waals surface area contributed by atoms with Crippen molar-refractivity contribution in [1.29, 1.82) is 0 Å². The number of hydrogen-bond acceptors (Lipinski definition) is 6. The summed E-state index contributed by atoms with van der Waals surface area (Å²) in [5.74, 6) is 0.770. The maximum absolute atomic E-state index is 12.8. The zero-order valence-corrected chi connectivity index (χ0v) is 19.4. The molecule has 2 aromatic rings. The third-order valence-corrected chi connectivity index (χ3v) is 5.57. The minimum absolute atomic E-state index is 0.166. The number of nitrogens with zero attached hydrogens (tertiary/aromatic N) is 1. The zero-order chi connectivity index (χ0) is 22.4. The molecule has 2 aromatic carbocycles. The third-order valence-electron chi connectivity index (χ3n) is 5.06. The minimum Gasteiger partial charge on any atom is -0.493 e. The Kier molecular flexibility index (Phi) is 7.81. The van der Waals surface area contributed by atoms with E-state index in [1.54, 1.807) is 12.1 Å². The van der Waals surface area contributed by atoms with Crippen LogP contribution in [0.25, 0.3) is 0 Å². The van der Waals surface area contributed by atoms with Gasteiger partial charge in [0.1, 0.15) is 0 Å². The first kappa shape index (κ1) is 23.0. The molecule has 9 heteroatoms. The average Bonchev–Trinajstić information content (AvgIpc) is 2.78. The van der Waals surface area contributed by atoms with Crippen molar-refractivity contribution < 1.29 is 19.0 Å². The van der Waals surface area contributed by atoms with Gasteiger partial charge in [0, 0.05) is 18.7 Å². The average molecular weight is 464 g/mol. The number of carbonyl (C=O) groups excluding carboxylic acids is 1. The number of piperidine rings is 1. The van der Waals surface area contributed by atoms with E-state index in [0.29, 0.717) is 27.8 Å². The Balaban J connectivity index is 1.77. The van der Waals surface area contributed by atoms with Gasteiger partial charge in [-0.2, -0.15) is 0 Å². The van der Waals surface area contributed by atoms with Crippen molar-refractivity contribution in [3.8, 4) is 17.2 Å². The molecule has 0 unspecified atom stereocenters. The van der Waals surface area contributed by atoms with Crippen LogP contribution in [0.3, 0.4) is 0 Å². The number of carbonyl (C=O) groups is 1. The van der Waals surface area contributed by atoms with Gasteiger partial charge in [0.2, 0.25) is 5.75 Å². The van der Waals surface area contributed by atoms with Gasteiger partial charge in [0.15, 0.2) is 16.6 Å². The number of methoxy groups -OCH3 is 3. The third kappa shape index (κ3) is 5.32. The number of rotatable bonds is 6. The zero-order valence-electron chi connectivity index (χ0n) is 17.8. The van der Waals surface area contributed by atoms with Crippen molar-refractivity contribution in [1.82, 2.24) is 5.32 Å². The quantitative estimate of drug-likeness (QED) is 0.612. The molecule has 1 aliphatic heterocycles. The monoisotopic (exact) mass is 463 g/mol. The smallest absolute Gasteiger partial charge is 0.257 e. The van der Waals surface area contributed by atoms with Crippen molar-refractivity contribution in [3.63, 3.8) is 0 Å². The molecule has 31 heavy (non-hydrogen) atoms. The molecule has 0 atom stereocenters. The fraction of sp³-hybridized carbons (Fsp3) is 0.364. The summed E-state index contributed by atoms with van der Waals surface area (Å²) in [6.07, 6.45) is 3.45. The number of amides is 1. The molecule has 2 N–H and O–H groups in total. The molecule has 0 aliphatic carbocycles. The molecule has 3 rings (SSSR count). The van der Waals surface area contributed by atoms with E-state index in [2.05, 4.69) is 15.5 Å². The molecule has 0 saturated carbocycles. The first-order valence-electron chi connectivity index (χ1n) is 9.94. The Hall–Kier alpha value is -2.71. The van der Waals surface area contributed by atoms with Crippen LogP contribution in [0.15, 0.2) is 30.3 Å². The summed E-state index contributed by atoms with van der Waals surface area (Å²) in [7, 11) is 4.49. The van der Waals surface area contributed by atoms with Crippen LogP contribution in [0, 0.1) is 0 Å². The van der Waals surface area contributed by atoms with Crippen LogP contribution in [0.5, 0.6) is 17.2 Å². The number of thiocarbonyl (C=S) groups is 1. The van der Waals surface area contributed by atoms with E-state index in [0.717, 1.165) is 37.3 Å². The van der Waals surface area contributed by atoms with E-state index in [4.69, 9.17) is 38.0 Å². The highest BCUT2D eigenvalue weighted by Gasteiger charge is 2.20. The van der Waals surface area contributed by atoms with Crippen molar-refractivity contribution in [3.05, 3.63) is 40.9 Å². The van der Waals surface area contributed by atoms with E-state index in [-0.39, 0.29) is 5.11 Å². The summed E-state index contributed by atoms with van der Waals surface area (Å²) < 4.78 is 15.9. The number of halogens is 1. The number of hydrogen-bond donors (Lipinski definition) is 2. The summed E-state index contributed by atoms with van der Waals surface area (Å²) in [6, 6.07) is 8.74. The van der Waals surface area contributed by atoms with E-state index < -0.39 is 5.91 Å². The molecule has 1 amide bonds. The maximum atomic E-state index is 12.8. The Morgan fingerprint density at radius 2 is 1.68 bits per heavy atom. The Morgan fingerprint density at radius 1 is 1.03 bits per heavy atom. The van der Waals surface area contributed by atoms with E-state index in [1.807, 2.05) is 18.2 Å². The van der Waals surface area contributed by atoms with Gasteiger partial charge in [-0.25, -0.2) is 0 Å². The predicted molar refractivity (Wildman–Crippen MR) is 127 cm³/mol. The summed E-state index contributed by atoms with van der Waals surface area (Å²) in [4.78, 5) is 15.1. The Labute approximate surface area is 192 Å². The second-order valence-electron chi connectivity index (χ2n) is 7.01. The van der Waals surface area contributed by atoms with Crippen LogP contribution >= 0.6 is 23.8 Å². The lowest BCUT2D eigenvalue weighted by atomic mass is 10.1. The van der Waals surface area contributed by atoms with Gasteiger partial charge < -0.3 is 24.4 Å². The normalized spacial score (nSPS) is 13.4. The fourth-order valence-corrected chi connectivity index (χ4v) is 4.09. The van der Waals surface area contributed by atoms with Gasteiger partial charge in [-0.15, -0.1) is 0 Å². The second-order valence-corrected chi connectivity index (χ2v) is 7.82. The topological polar surface area (TPSA) is 72.1 Å². The summed E-state index contributed by atoms with van der Waals surface area (Å²) >= 11 is 11.9. The summed E-state index contributed by atoms with van der Waals surface area (Å²) in [5, 5.41) is 6.63. The number of ether oxygens (including phenoxy) is 3. The lowest BCUT2D eigenvalue weighted by Crippen LogP contribution is -2.35. The van der Waals surface area contributed by atoms with Crippen LogP contribution < -0.4 is 29.7 Å². The highest BCUT2D eigenvalue weighted by molar-refractivity contribution is 7.80. The van der Waals surface area contributed by atoms with Gasteiger partial charge in [-0.05, 0) is 55.7 Å². The van der Waals surface area contributed by atoms with Gasteiger partial charge >= 0.3 is 0 Å². The van der Waals surface area contributed by atoms with E-state index in [1.165, 1.54) is 27.8 Å². The summed E-state index contributed by atoms with van der Waals surface area (Å²) in [5.41, 5.74) is 1.97. The molecule has 0 radical (unpaired) electrons. The highest BCUT2D eigenvalue weighted by Crippen LogP contribution is 2.38. The number of benzene rings is 2. The van der Waals surface area contributed by atoms with Crippen molar-refractivity contribution in [2.75, 3.05) is 44.6 Å². The molecule has 166 valence electrons. The Bertz CT molecular complexity index is 939. The Morgan fingerprint density at radius 3 is 2.26 bits per heavy atom. The lowest BCUT2D eigenvalue weighted by Gasteiger charge is -2.31. The summed E-state index contributed by atoms with van der Waals surface area (Å²) in [6.45, 7) is 1.87. The fourth-order valence-electron chi connectivity index (χ4n) is 3.60. The molecule has 1 heterocycles. The van der Waals surface area contributed by atoms with Gasteiger partial charge in [-0.1, -0.05) is 17.7 Å². The molecule has 1 saturated heterocycles. The molecule has 0 aromatic heterocycles. The largest absolute Gasteiger partial charge is 0.493 e. The van der Waals surface area contributed by atoms with Gasteiger partial charge in [0.25, 0.3) is 5.91 Å². The highest BCUT2D eigenvalue weighted by atomic mass is 35.5. The van der Waals surface area contributed by atoms with E-state index in [9.17, 15) is 4.79 Å². The molecule has 0 bridgehead atoms. The van der Waals surface area contributed by atoms with E-state index >= 15 is 0 Å². The molecule has 1 fully saturated rings. The SMILES string of the molecule is COc1cc(C(=O)NC(=S)Nc2cccc(Cl)c2N2CCCCC2)cc(OC)c1OC. The van der Waals surface area contributed by atoms with Crippen LogP contribution in [0.2, 0.25) is 5.02 Å². The first-order valence-corrected chi connectivity index (χ1v) is 10.7. The van der Waals surface area contributed by atoms with Crippen molar-refractivity contribution in [2.45, 2.75) is 19.3 Å². The second kappa shape index (κ2) is 10.5. The maximum Gasteiger partial charge on any atom is 0.257 e. The lowest BCUT2D eigenvalue weighted by molar-refractivity contribution is 0.0977.